The van der Waals surface area contributed by atoms with Crippen molar-refractivity contribution in [3.8, 4) is 0 Å². The van der Waals surface area contributed by atoms with Crippen LogP contribution in [-0.4, -0.2) is 59.9 Å². The number of amides is 2. The van der Waals surface area contributed by atoms with Gasteiger partial charge in [-0.3, -0.25) is 24.1 Å². The monoisotopic (exact) mass is 404 g/mol. The van der Waals surface area contributed by atoms with E-state index in [0.29, 0.717) is 31.6 Å². The number of aryl methyl sites for hydroxylation is 1. The minimum atomic E-state index is -0.744. The number of Topliss-reactive ketones (excluding diaryl/α,β-unsaturated/α-hetero) is 1. The molecular formula is C21H28N2O6. The lowest BCUT2D eigenvalue weighted by Crippen LogP contribution is -2.37. The summed E-state index contributed by atoms with van der Waals surface area (Å²) in [5, 5.41) is 0. The fourth-order valence-corrected chi connectivity index (χ4v) is 4.40. The van der Waals surface area contributed by atoms with Gasteiger partial charge in [0, 0.05) is 30.6 Å². The molecule has 0 radical (unpaired) electrons. The molecule has 1 aliphatic heterocycles. The molecule has 0 spiro atoms. The Morgan fingerprint density at radius 1 is 1.10 bits per heavy atom. The minimum Gasteiger partial charge on any atom is -0.456 e. The van der Waals surface area contributed by atoms with E-state index in [1.54, 1.807) is 13.2 Å². The van der Waals surface area contributed by atoms with Crippen LogP contribution in [0.4, 0.5) is 0 Å². The Bertz CT molecular complexity index is 803. The molecule has 29 heavy (non-hydrogen) atoms. The van der Waals surface area contributed by atoms with Gasteiger partial charge in [0.05, 0.1) is 18.4 Å². The molecule has 2 atom stereocenters. The predicted octanol–water partition coefficient (Wildman–Crippen LogP) is 1.65. The number of likely N-dealkylation sites (tertiary alicyclic amines) is 1. The number of methoxy groups -OCH3 is 1. The van der Waals surface area contributed by atoms with Gasteiger partial charge >= 0.3 is 5.97 Å². The van der Waals surface area contributed by atoms with Crippen molar-refractivity contribution in [3.63, 3.8) is 0 Å². The maximum absolute atomic E-state index is 12.5. The second-order valence-corrected chi connectivity index (χ2v) is 7.77. The molecular weight excluding hydrogens is 376 g/mol. The zero-order valence-electron chi connectivity index (χ0n) is 17.2. The third-order valence-corrected chi connectivity index (χ3v) is 5.98. The van der Waals surface area contributed by atoms with E-state index in [0.717, 1.165) is 29.1 Å². The maximum Gasteiger partial charge on any atom is 0.326 e. The number of hydrogen-bond acceptors (Lipinski definition) is 6. The summed E-state index contributed by atoms with van der Waals surface area (Å²) < 4.78 is 12.1. The first-order chi connectivity index (χ1) is 13.8. The van der Waals surface area contributed by atoms with E-state index in [4.69, 9.17) is 9.47 Å². The molecule has 3 rings (SSSR count). The van der Waals surface area contributed by atoms with Crippen LogP contribution in [0, 0.1) is 25.7 Å². The highest BCUT2D eigenvalue weighted by molar-refractivity contribution is 6.07. The Kier molecular flexibility index (Phi) is 6.52. The first-order valence-electron chi connectivity index (χ1n) is 10.0. The Balaban J connectivity index is 1.56. The smallest absolute Gasteiger partial charge is 0.326 e. The van der Waals surface area contributed by atoms with E-state index in [1.165, 1.54) is 0 Å². The van der Waals surface area contributed by atoms with Crippen LogP contribution in [0.1, 0.15) is 47.4 Å². The highest BCUT2D eigenvalue weighted by Gasteiger charge is 2.48. The highest BCUT2D eigenvalue weighted by Crippen LogP contribution is 2.37. The van der Waals surface area contributed by atoms with Gasteiger partial charge in [0.25, 0.3) is 0 Å². The molecule has 8 heteroatoms. The average Bonchev–Trinajstić information content (AvgIpc) is 3.13. The molecule has 158 valence electrons. The van der Waals surface area contributed by atoms with E-state index in [1.807, 2.05) is 18.4 Å². The van der Waals surface area contributed by atoms with Crippen LogP contribution in [0.5, 0.6) is 0 Å². The quantitative estimate of drug-likeness (QED) is 0.371. The molecule has 1 aromatic rings. The number of carbonyl (C=O) groups excluding carboxylic acids is 4. The van der Waals surface area contributed by atoms with Crippen LogP contribution >= 0.6 is 0 Å². The normalized spacial score (nSPS) is 21.4. The van der Waals surface area contributed by atoms with Crippen molar-refractivity contribution in [3.05, 3.63) is 23.0 Å². The third kappa shape index (κ3) is 4.27. The summed E-state index contributed by atoms with van der Waals surface area (Å²) >= 11 is 0. The van der Waals surface area contributed by atoms with Crippen LogP contribution in [0.15, 0.2) is 6.07 Å². The van der Waals surface area contributed by atoms with Crippen LogP contribution in [-0.2, 0) is 30.4 Å². The van der Waals surface area contributed by atoms with E-state index in [-0.39, 0.29) is 29.4 Å². The van der Waals surface area contributed by atoms with Gasteiger partial charge in [0.15, 0.2) is 6.61 Å². The molecule has 2 amide bonds. The average molecular weight is 404 g/mol. The second kappa shape index (κ2) is 8.90. The fourth-order valence-electron chi connectivity index (χ4n) is 4.40. The predicted molar refractivity (Wildman–Crippen MR) is 103 cm³/mol. The molecule has 1 saturated carbocycles. The van der Waals surface area contributed by atoms with Crippen molar-refractivity contribution in [1.82, 2.24) is 9.47 Å². The zero-order valence-corrected chi connectivity index (χ0v) is 17.2. The third-order valence-electron chi connectivity index (χ3n) is 5.98. The topological polar surface area (TPSA) is 94.9 Å². The van der Waals surface area contributed by atoms with Crippen LogP contribution in [0.3, 0.4) is 0 Å². The number of ketones is 1. The van der Waals surface area contributed by atoms with Gasteiger partial charge < -0.3 is 14.0 Å². The van der Waals surface area contributed by atoms with Gasteiger partial charge in [-0.05, 0) is 32.8 Å². The lowest BCUT2D eigenvalue weighted by Gasteiger charge is -2.19. The molecule has 2 heterocycles. The highest BCUT2D eigenvalue weighted by atomic mass is 16.5. The molecule has 1 saturated heterocycles. The van der Waals surface area contributed by atoms with E-state index in [9.17, 15) is 19.2 Å². The van der Waals surface area contributed by atoms with Gasteiger partial charge in [-0.15, -0.1) is 0 Å². The summed E-state index contributed by atoms with van der Waals surface area (Å²) in [4.78, 5) is 50.6. The Labute approximate surface area is 170 Å². The van der Waals surface area contributed by atoms with Gasteiger partial charge in [0.2, 0.25) is 17.6 Å². The molecule has 0 unspecified atom stereocenters. The Morgan fingerprint density at radius 3 is 2.31 bits per heavy atom. The van der Waals surface area contributed by atoms with Crippen LogP contribution in [0.25, 0.3) is 0 Å². The molecule has 8 nitrogen and oxygen atoms in total. The van der Waals surface area contributed by atoms with Crippen LogP contribution < -0.4 is 0 Å². The number of hydrogen-bond donors (Lipinski definition) is 0. The number of fused-ring (bicyclic) bond motifs is 1. The van der Waals surface area contributed by atoms with Crippen molar-refractivity contribution in [2.75, 3.05) is 26.9 Å². The Hall–Kier alpha value is -2.48. The number of aromatic nitrogens is 1. The largest absolute Gasteiger partial charge is 0.456 e. The lowest BCUT2D eigenvalue weighted by atomic mass is 9.81. The molecule has 1 aliphatic carbocycles. The number of carbonyl (C=O) groups is 4. The van der Waals surface area contributed by atoms with Crippen molar-refractivity contribution in [2.24, 2.45) is 11.8 Å². The molecule has 0 N–H and O–H groups in total. The SMILES string of the molecule is COCCn1c(C)cc(C(=O)COC(=O)CN2C(=O)[C@H]3CCCC[C@H]3C2=O)c1C. The van der Waals surface area contributed by atoms with Crippen molar-refractivity contribution < 1.29 is 28.7 Å². The summed E-state index contributed by atoms with van der Waals surface area (Å²) in [6.45, 7) is 4.04. The second-order valence-electron chi connectivity index (χ2n) is 7.77. The fraction of sp³-hybridized carbons (Fsp3) is 0.619. The number of ether oxygens (including phenoxy) is 2. The number of rotatable bonds is 8. The summed E-state index contributed by atoms with van der Waals surface area (Å²) in [6, 6.07) is 1.76. The summed E-state index contributed by atoms with van der Waals surface area (Å²) in [5.41, 5.74) is 2.20. The van der Waals surface area contributed by atoms with Crippen molar-refractivity contribution in [1.29, 1.82) is 0 Å². The van der Waals surface area contributed by atoms with E-state index >= 15 is 0 Å². The maximum atomic E-state index is 12.5. The number of esters is 1. The van der Waals surface area contributed by atoms with Gasteiger partial charge in [0.1, 0.15) is 6.54 Å². The summed E-state index contributed by atoms with van der Waals surface area (Å²) in [6.07, 6.45) is 3.24. The molecule has 2 fully saturated rings. The summed E-state index contributed by atoms with van der Waals surface area (Å²) in [7, 11) is 1.62. The zero-order chi connectivity index (χ0) is 21.1. The van der Waals surface area contributed by atoms with Gasteiger partial charge in [-0.1, -0.05) is 12.8 Å². The van der Waals surface area contributed by atoms with Gasteiger partial charge in [-0.25, -0.2) is 0 Å². The van der Waals surface area contributed by atoms with Crippen LogP contribution in [0.2, 0.25) is 0 Å². The van der Waals surface area contributed by atoms with E-state index < -0.39 is 19.1 Å². The molecule has 2 aliphatic rings. The molecule has 0 bridgehead atoms. The molecule has 1 aromatic heterocycles. The minimum absolute atomic E-state index is 0.287. The number of nitrogens with zero attached hydrogens (tertiary/aromatic N) is 2. The number of imide groups is 1. The van der Waals surface area contributed by atoms with Crippen molar-refractivity contribution in [2.45, 2.75) is 46.1 Å². The summed E-state index contributed by atoms with van der Waals surface area (Å²) in [5.74, 6) is -2.24. The van der Waals surface area contributed by atoms with Gasteiger partial charge in [-0.2, -0.15) is 0 Å². The molecule has 0 aromatic carbocycles. The first-order valence-corrected chi connectivity index (χ1v) is 10.0. The first kappa shape index (κ1) is 21.2. The lowest BCUT2D eigenvalue weighted by molar-refractivity contribution is -0.152. The van der Waals surface area contributed by atoms with E-state index in [2.05, 4.69) is 0 Å². The standard InChI is InChI=1S/C21H28N2O6/c1-13-10-17(14(2)22(13)8-9-28-3)18(24)12-29-19(25)11-23-20(26)15-6-4-5-7-16(15)21(23)27/h10,15-16H,4-9,11-12H2,1-3H3/t15-,16+. The Morgan fingerprint density at radius 2 is 1.72 bits per heavy atom. The van der Waals surface area contributed by atoms with Crippen molar-refractivity contribution >= 4 is 23.6 Å².